The Morgan fingerprint density at radius 2 is 2.00 bits per heavy atom. The molecular weight excluding hydrogens is 280 g/mol. The van der Waals surface area contributed by atoms with Crippen LogP contribution in [0.25, 0.3) is 0 Å². The Morgan fingerprint density at radius 1 is 1.18 bits per heavy atom. The minimum atomic E-state index is 0.697. The van der Waals surface area contributed by atoms with Crippen LogP contribution in [-0.4, -0.2) is 15.0 Å². The molecule has 0 saturated heterocycles. The molecule has 4 nitrogen and oxygen atoms in total. The molecule has 5 heteroatoms. The molecule has 0 aliphatic heterocycles. The molecule has 0 radical (unpaired) electrons. The Balaban J connectivity index is 2.07. The standard InChI is InChI=1S/C12H13BrN4/c1-8-3-12(17-9(2)16-8)15-6-10-4-11(13)7-14-5-10/h3-5,7H,6H2,1-2H3,(H,15,16,17). The van der Waals surface area contributed by atoms with E-state index in [1.807, 2.05) is 32.2 Å². The number of rotatable bonds is 3. The highest BCUT2D eigenvalue weighted by atomic mass is 79.9. The van der Waals surface area contributed by atoms with Gasteiger partial charge in [-0.15, -0.1) is 0 Å². The first kappa shape index (κ1) is 12.0. The Kier molecular flexibility index (Phi) is 3.68. The fraction of sp³-hybridized carbons (Fsp3) is 0.250. The molecule has 1 N–H and O–H groups in total. The van der Waals surface area contributed by atoms with Crippen molar-refractivity contribution in [1.82, 2.24) is 15.0 Å². The van der Waals surface area contributed by atoms with Crippen LogP contribution in [0.15, 0.2) is 29.0 Å². The fourth-order valence-electron chi connectivity index (χ4n) is 1.55. The molecule has 2 aromatic rings. The van der Waals surface area contributed by atoms with Gasteiger partial charge >= 0.3 is 0 Å². The van der Waals surface area contributed by atoms with Gasteiger partial charge in [0.05, 0.1) is 0 Å². The number of nitrogens with one attached hydrogen (secondary N) is 1. The van der Waals surface area contributed by atoms with Gasteiger partial charge in [-0.3, -0.25) is 4.98 Å². The van der Waals surface area contributed by atoms with Crippen LogP contribution in [0, 0.1) is 13.8 Å². The lowest BCUT2D eigenvalue weighted by Gasteiger charge is -2.07. The maximum absolute atomic E-state index is 4.32. The summed E-state index contributed by atoms with van der Waals surface area (Å²) in [5.41, 5.74) is 2.07. The van der Waals surface area contributed by atoms with Gasteiger partial charge in [0.15, 0.2) is 0 Å². The van der Waals surface area contributed by atoms with E-state index in [0.29, 0.717) is 6.54 Å². The number of anilines is 1. The fourth-order valence-corrected chi connectivity index (χ4v) is 1.96. The highest BCUT2D eigenvalue weighted by Gasteiger charge is 1.99. The van der Waals surface area contributed by atoms with E-state index in [4.69, 9.17) is 0 Å². The average Bonchev–Trinajstić information content (AvgIpc) is 2.25. The number of halogens is 1. The van der Waals surface area contributed by atoms with Crippen LogP contribution < -0.4 is 5.32 Å². The maximum Gasteiger partial charge on any atom is 0.130 e. The smallest absolute Gasteiger partial charge is 0.130 e. The van der Waals surface area contributed by atoms with E-state index in [1.165, 1.54) is 0 Å². The third kappa shape index (κ3) is 3.49. The molecule has 0 aromatic carbocycles. The number of hydrogen-bond acceptors (Lipinski definition) is 4. The largest absolute Gasteiger partial charge is 0.366 e. The van der Waals surface area contributed by atoms with E-state index < -0.39 is 0 Å². The topological polar surface area (TPSA) is 50.7 Å². The minimum absolute atomic E-state index is 0.697. The molecule has 17 heavy (non-hydrogen) atoms. The average molecular weight is 293 g/mol. The first-order valence-corrected chi connectivity index (χ1v) is 6.08. The summed E-state index contributed by atoms with van der Waals surface area (Å²) in [5.74, 6) is 1.62. The van der Waals surface area contributed by atoms with Crippen LogP contribution in [0.3, 0.4) is 0 Å². The molecule has 0 aliphatic carbocycles. The molecule has 0 spiro atoms. The molecule has 0 bridgehead atoms. The summed E-state index contributed by atoms with van der Waals surface area (Å²) in [6.45, 7) is 4.54. The summed E-state index contributed by atoms with van der Waals surface area (Å²) in [4.78, 5) is 12.7. The zero-order valence-corrected chi connectivity index (χ0v) is 11.3. The normalized spacial score (nSPS) is 10.3. The summed E-state index contributed by atoms with van der Waals surface area (Å²) in [6.07, 6.45) is 3.60. The lowest BCUT2D eigenvalue weighted by atomic mass is 10.3. The van der Waals surface area contributed by atoms with Crippen LogP contribution in [0.1, 0.15) is 17.1 Å². The zero-order valence-electron chi connectivity index (χ0n) is 9.74. The maximum atomic E-state index is 4.32. The molecule has 2 heterocycles. The Hall–Kier alpha value is -1.49. The summed E-state index contributed by atoms with van der Waals surface area (Å²) >= 11 is 3.40. The monoisotopic (exact) mass is 292 g/mol. The van der Waals surface area contributed by atoms with Crippen molar-refractivity contribution >= 4 is 21.7 Å². The molecule has 2 rings (SSSR count). The SMILES string of the molecule is Cc1cc(NCc2cncc(Br)c2)nc(C)n1. The minimum Gasteiger partial charge on any atom is -0.366 e. The van der Waals surface area contributed by atoms with Crippen LogP contribution >= 0.6 is 15.9 Å². The van der Waals surface area contributed by atoms with Crippen LogP contribution in [0.2, 0.25) is 0 Å². The second-order valence-electron chi connectivity index (χ2n) is 3.81. The number of aromatic nitrogens is 3. The van der Waals surface area contributed by atoms with Crippen molar-refractivity contribution in [1.29, 1.82) is 0 Å². The third-order valence-electron chi connectivity index (χ3n) is 2.20. The van der Waals surface area contributed by atoms with Crippen molar-refractivity contribution in [3.8, 4) is 0 Å². The molecule has 0 aliphatic rings. The van der Waals surface area contributed by atoms with Crippen molar-refractivity contribution in [3.63, 3.8) is 0 Å². The highest BCUT2D eigenvalue weighted by Crippen LogP contribution is 2.12. The van der Waals surface area contributed by atoms with Crippen molar-refractivity contribution in [2.24, 2.45) is 0 Å². The zero-order chi connectivity index (χ0) is 12.3. The lowest BCUT2D eigenvalue weighted by Crippen LogP contribution is -2.04. The van der Waals surface area contributed by atoms with Gasteiger partial charge in [-0.25, -0.2) is 9.97 Å². The Labute approximate surface area is 109 Å². The van der Waals surface area contributed by atoms with E-state index in [0.717, 1.165) is 27.4 Å². The van der Waals surface area contributed by atoms with Crippen molar-refractivity contribution in [3.05, 3.63) is 46.1 Å². The summed E-state index contributed by atoms with van der Waals surface area (Å²) < 4.78 is 0.979. The second-order valence-corrected chi connectivity index (χ2v) is 4.72. The number of pyridine rings is 1. The predicted molar refractivity (Wildman–Crippen MR) is 70.8 cm³/mol. The van der Waals surface area contributed by atoms with E-state index in [2.05, 4.69) is 36.2 Å². The molecule has 0 amide bonds. The first-order valence-electron chi connectivity index (χ1n) is 5.29. The summed E-state index contributed by atoms with van der Waals surface area (Å²) in [5, 5.41) is 3.26. The van der Waals surface area contributed by atoms with E-state index in [1.54, 1.807) is 6.20 Å². The van der Waals surface area contributed by atoms with Gasteiger partial charge in [-0.1, -0.05) is 0 Å². The second kappa shape index (κ2) is 5.23. The van der Waals surface area contributed by atoms with Gasteiger partial charge in [0.2, 0.25) is 0 Å². The molecule has 2 aromatic heterocycles. The van der Waals surface area contributed by atoms with E-state index in [9.17, 15) is 0 Å². The Morgan fingerprint density at radius 3 is 2.71 bits per heavy atom. The van der Waals surface area contributed by atoms with Crippen molar-refractivity contribution in [2.45, 2.75) is 20.4 Å². The summed E-state index contributed by atoms with van der Waals surface area (Å²) in [6, 6.07) is 3.96. The Bertz CT molecular complexity index is 507. The van der Waals surface area contributed by atoms with E-state index in [-0.39, 0.29) is 0 Å². The highest BCUT2D eigenvalue weighted by molar-refractivity contribution is 9.10. The first-order chi connectivity index (χ1) is 8.13. The molecular formula is C12H13BrN4. The van der Waals surface area contributed by atoms with Crippen LogP contribution in [0.5, 0.6) is 0 Å². The number of nitrogens with zero attached hydrogens (tertiary/aromatic N) is 3. The van der Waals surface area contributed by atoms with Gasteiger partial charge in [0.1, 0.15) is 11.6 Å². The van der Waals surface area contributed by atoms with Crippen molar-refractivity contribution < 1.29 is 0 Å². The van der Waals surface area contributed by atoms with E-state index >= 15 is 0 Å². The number of hydrogen-bond donors (Lipinski definition) is 1. The van der Waals surface area contributed by atoms with Gasteiger partial charge < -0.3 is 5.32 Å². The molecule has 0 saturated carbocycles. The molecule has 0 atom stereocenters. The van der Waals surface area contributed by atoms with Gasteiger partial charge in [-0.05, 0) is 41.4 Å². The molecule has 88 valence electrons. The van der Waals surface area contributed by atoms with Crippen LogP contribution in [0.4, 0.5) is 5.82 Å². The van der Waals surface area contributed by atoms with Gasteiger partial charge in [0, 0.05) is 35.2 Å². The number of aryl methyl sites for hydroxylation is 2. The molecule has 0 unspecified atom stereocenters. The third-order valence-corrected chi connectivity index (χ3v) is 2.63. The van der Waals surface area contributed by atoms with Crippen molar-refractivity contribution in [2.75, 3.05) is 5.32 Å². The molecule has 0 fully saturated rings. The van der Waals surface area contributed by atoms with Gasteiger partial charge in [0.25, 0.3) is 0 Å². The van der Waals surface area contributed by atoms with Crippen LogP contribution in [-0.2, 0) is 6.54 Å². The summed E-state index contributed by atoms with van der Waals surface area (Å²) in [7, 11) is 0. The van der Waals surface area contributed by atoms with Gasteiger partial charge in [-0.2, -0.15) is 0 Å². The lowest BCUT2D eigenvalue weighted by molar-refractivity contribution is 0.988. The quantitative estimate of drug-likeness (QED) is 0.945. The predicted octanol–water partition coefficient (Wildman–Crippen LogP) is 2.86.